The van der Waals surface area contributed by atoms with Crippen molar-refractivity contribution in [2.24, 2.45) is 0 Å². The van der Waals surface area contributed by atoms with Crippen LogP contribution in [0.2, 0.25) is 0 Å². The molecule has 1 amide bonds. The molecular weight excluding hydrogens is 192 g/mol. The van der Waals surface area contributed by atoms with Crippen molar-refractivity contribution in [3.05, 3.63) is 0 Å². The van der Waals surface area contributed by atoms with E-state index in [1.165, 1.54) is 0 Å². The first kappa shape index (κ1) is 14.4. The lowest BCUT2D eigenvalue weighted by atomic mass is 10.2. The number of rotatable bonds is 8. The number of nitrogens with one attached hydrogen (secondary N) is 2. The van der Waals surface area contributed by atoms with Crippen LogP contribution in [-0.4, -0.2) is 38.3 Å². The van der Waals surface area contributed by atoms with Gasteiger partial charge in [-0.05, 0) is 26.7 Å². The van der Waals surface area contributed by atoms with Crippen molar-refractivity contribution in [2.45, 2.75) is 45.7 Å². The molecule has 0 saturated carbocycles. The van der Waals surface area contributed by atoms with Gasteiger partial charge in [-0.15, -0.1) is 0 Å². The highest BCUT2D eigenvalue weighted by Crippen LogP contribution is 1.92. The zero-order valence-corrected chi connectivity index (χ0v) is 10.3. The Morgan fingerprint density at radius 3 is 2.60 bits per heavy atom. The van der Waals surface area contributed by atoms with Gasteiger partial charge in [0.25, 0.3) is 0 Å². The van der Waals surface area contributed by atoms with Gasteiger partial charge in [0.05, 0.1) is 6.04 Å². The number of amides is 1. The van der Waals surface area contributed by atoms with E-state index < -0.39 is 0 Å². The molecule has 0 aliphatic carbocycles. The first-order chi connectivity index (χ1) is 7.11. The molecule has 0 saturated heterocycles. The second kappa shape index (κ2) is 8.68. The molecule has 0 aliphatic rings. The van der Waals surface area contributed by atoms with Crippen molar-refractivity contribution in [2.75, 3.05) is 20.3 Å². The summed E-state index contributed by atoms with van der Waals surface area (Å²) >= 11 is 0. The third kappa shape index (κ3) is 7.33. The lowest BCUT2D eigenvalue weighted by Gasteiger charge is -2.18. The van der Waals surface area contributed by atoms with Crippen molar-refractivity contribution in [1.82, 2.24) is 10.6 Å². The van der Waals surface area contributed by atoms with E-state index in [0.717, 1.165) is 12.8 Å². The zero-order valence-electron chi connectivity index (χ0n) is 10.3. The Morgan fingerprint density at radius 2 is 2.07 bits per heavy atom. The van der Waals surface area contributed by atoms with E-state index in [0.29, 0.717) is 19.2 Å². The molecule has 2 N–H and O–H groups in total. The standard InChI is InChI=1S/C11H24N2O2/c1-5-9(2)13-10(3)11(14)12-7-6-8-15-4/h9-10,13H,5-8H2,1-4H3,(H,12,14). The summed E-state index contributed by atoms with van der Waals surface area (Å²) in [5.74, 6) is 0.0615. The molecule has 0 heterocycles. The molecule has 2 atom stereocenters. The van der Waals surface area contributed by atoms with Gasteiger partial charge < -0.3 is 15.4 Å². The number of methoxy groups -OCH3 is 1. The van der Waals surface area contributed by atoms with Crippen LogP contribution in [0.15, 0.2) is 0 Å². The molecule has 0 aliphatic heterocycles. The molecule has 0 rings (SSSR count). The van der Waals surface area contributed by atoms with E-state index in [1.54, 1.807) is 7.11 Å². The summed E-state index contributed by atoms with van der Waals surface area (Å²) in [6.07, 6.45) is 1.89. The van der Waals surface area contributed by atoms with Gasteiger partial charge in [-0.2, -0.15) is 0 Å². The average molecular weight is 216 g/mol. The highest BCUT2D eigenvalue weighted by Gasteiger charge is 2.13. The fourth-order valence-corrected chi connectivity index (χ4v) is 1.20. The Kier molecular flexibility index (Phi) is 8.33. The van der Waals surface area contributed by atoms with Crippen LogP contribution in [0.3, 0.4) is 0 Å². The average Bonchev–Trinajstić information content (AvgIpc) is 2.23. The minimum Gasteiger partial charge on any atom is -0.385 e. The molecule has 0 fully saturated rings. The van der Waals surface area contributed by atoms with E-state index in [-0.39, 0.29) is 11.9 Å². The van der Waals surface area contributed by atoms with Crippen molar-refractivity contribution in [3.8, 4) is 0 Å². The molecule has 0 bridgehead atoms. The van der Waals surface area contributed by atoms with Gasteiger partial charge in [0, 0.05) is 26.3 Å². The maximum Gasteiger partial charge on any atom is 0.236 e. The summed E-state index contributed by atoms with van der Waals surface area (Å²) in [5, 5.41) is 6.09. The normalized spacial score (nSPS) is 14.7. The monoisotopic (exact) mass is 216 g/mol. The molecule has 0 aromatic heterocycles. The van der Waals surface area contributed by atoms with E-state index >= 15 is 0 Å². The predicted molar refractivity (Wildman–Crippen MR) is 61.9 cm³/mol. The Bertz CT molecular complexity index is 174. The molecule has 15 heavy (non-hydrogen) atoms. The summed E-state index contributed by atoms with van der Waals surface area (Å²) in [6, 6.07) is 0.257. The van der Waals surface area contributed by atoms with Crippen LogP contribution in [0.1, 0.15) is 33.6 Å². The summed E-state index contributed by atoms with van der Waals surface area (Å²) in [6.45, 7) is 7.43. The second-order valence-corrected chi connectivity index (χ2v) is 3.84. The lowest BCUT2D eigenvalue weighted by Crippen LogP contribution is -2.45. The van der Waals surface area contributed by atoms with E-state index in [4.69, 9.17) is 4.74 Å². The SMILES string of the molecule is CCC(C)NC(C)C(=O)NCCCOC. The minimum atomic E-state index is -0.123. The fourth-order valence-electron chi connectivity index (χ4n) is 1.20. The maximum absolute atomic E-state index is 11.5. The first-order valence-electron chi connectivity index (χ1n) is 5.64. The second-order valence-electron chi connectivity index (χ2n) is 3.84. The molecule has 0 radical (unpaired) electrons. The number of carbonyl (C=O) groups excluding carboxylic acids is 1. The van der Waals surface area contributed by atoms with Gasteiger partial charge in [-0.3, -0.25) is 4.79 Å². The number of hydrogen-bond acceptors (Lipinski definition) is 3. The van der Waals surface area contributed by atoms with Gasteiger partial charge in [-0.1, -0.05) is 6.92 Å². The largest absolute Gasteiger partial charge is 0.385 e. The van der Waals surface area contributed by atoms with Crippen LogP contribution in [0, 0.1) is 0 Å². The highest BCUT2D eigenvalue weighted by molar-refractivity contribution is 5.81. The Labute approximate surface area is 92.8 Å². The summed E-state index contributed by atoms with van der Waals surface area (Å²) in [5.41, 5.74) is 0. The Balaban J connectivity index is 3.60. The summed E-state index contributed by atoms with van der Waals surface area (Å²) < 4.78 is 4.90. The Morgan fingerprint density at radius 1 is 1.40 bits per heavy atom. The number of hydrogen-bond donors (Lipinski definition) is 2. The van der Waals surface area contributed by atoms with Crippen LogP contribution in [0.25, 0.3) is 0 Å². The predicted octanol–water partition coefficient (Wildman–Crippen LogP) is 0.916. The van der Waals surface area contributed by atoms with Gasteiger partial charge in [0.1, 0.15) is 0 Å². The van der Waals surface area contributed by atoms with E-state index in [2.05, 4.69) is 24.5 Å². The molecule has 4 heteroatoms. The molecular formula is C11H24N2O2. The maximum atomic E-state index is 11.5. The topological polar surface area (TPSA) is 50.4 Å². The fraction of sp³-hybridized carbons (Fsp3) is 0.909. The van der Waals surface area contributed by atoms with Crippen molar-refractivity contribution >= 4 is 5.91 Å². The van der Waals surface area contributed by atoms with E-state index in [1.807, 2.05) is 6.92 Å². The smallest absolute Gasteiger partial charge is 0.236 e. The van der Waals surface area contributed by atoms with Crippen LogP contribution < -0.4 is 10.6 Å². The zero-order chi connectivity index (χ0) is 11.7. The Hall–Kier alpha value is -0.610. The first-order valence-corrected chi connectivity index (χ1v) is 5.64. The minimum absolute atomic E-state index is 0.0615. The van der Waals surface area contributed by atoms with Gasteiger partial charge in [-0.25, -0.2) is 0 Å². The quantitative estimate of drug-likeness (QED) is 0.593. The van der Waals surface area contributed by atoms with Gasteiger partial charge in [0.15, 0.2) is 0 Å². The third-order valence-electron chi connectivity index (χ3n) is 2.36. The molecule has 0 spiro atoms. The third-order valence-corrected chi connectivity index (χ3v) is 2.36. The molecule has 90 valence electrons. The summed E-state index contributed by atoms with van der Waals surface area (Å²) in [4.78, 5) is 11.5. The van der Waals surface area contributed by atoms with Crippen LogP contribution in [0.4, 0.5) is 0 Å². The molecule has 2 unspecified atom stereocenters. The van der Waals surface area contributed by atoms with Gasteiger partial charge >= 0.3 is 0 Å². The van der Waals surface area contributed by atoms with E-state index in [9.17, 15) is 4.79 Å². The lowest BCUT2D eigenvalue weighted by molar-refractivity contribution is -0.122. The van der Waals surface area contributed by atoms with Crippen molar-refractivity contribution in [1.29, 1.82) is 0 Å². The molecule has 0 aromatic rings. The van der Waals surface area contributed by atoms with Crippen LogP contribution in [-0.2, 0) is 9.53 Å². The number of carbonyl (C=O) groups is 1. The number of ether oxygens (including phenoxy) is 1. The van der Waals surface area contributed by atoms with Crippen molar-refractivity contribution in [3.63, 3.8) is 0 Å². The van der Waals surface area contributed by atoms with Crippen molar-refractivity contribution < 1.29 is 9.53 Å². The summed E-state index contributed by atoms with van der Waals surface area (Å²) in [7, 11) is 1.66. The van der Waals surface area contributed by atoms with Gasteiger partial charge in [0.2, 0.25) is 5.91 Å². The molecule has 0 aromatic carbocycles. The van der Waals surface area contributed by atoms with Crippen LogP contribution in [0.5, 0.6) is 0 Å². The van der Waals surface area contributed by atoms with Crippen LogP contribution >= 0.6 is 0 Å². The highest BCUT2D eigenvalue weighted by atomic mass is 16.5. The molecule has 4 nitrogen and oxygen atoms in total.